The van der Waals surface area contributed by atoms with Crippen LogP contribution in [0.4, 0.5) is 18.9 Å². The number of alkyl halides is 3. The standard InChI is InChI=1S/C28H23F3N2O6S/c1-18-14-21(20-5-7-23(8-6-20)39-28(29,30)31)15-25(27(34)35)26(18)33(17-19-4-3-13-32-16-19)40(36,37)24-11-9-22(38-2)10-12-24/h3-16H,17H2,1-2H3,(H,34,35). The summed E-state index contributed by atoms with van der Waals surface area (Å²) < 4.78 is 75.5. The Morgan fingerprint density at radius 3 is 2.17 bits per heavy atom. The molecule has 0 aliphatic rings. The maximum absolute atomic E-state index is 13.9. The minimum atomic E-state index is -4.86. The summed E-state index contributed by atoms with van der Waals surface area (Å²) in [5, 5.41) is 10.2. The first-order valence-corrected chi connectivity index (χ1v) is 13.1. The number of pyridine rings is 1. The quantitative estimate of drug-likeness (QED) is 0.260. The fourth-order valence-corrected chi connectivity index (χ4v) is 5.64. The van der Waals surface area contributed by atoms with E-state index in [9.17, 15) is 31.5 Å². The van der Waals surface area contributed by atoms with Gasteiger partial charge in [-0.2, -0.15) is 0 Å². The van der Waals surface area contributed by atoms with Crippen LogP contribution in [0.1, 0.15) is 21.5 Å². The van der Waals surface area contributed by atoms with E-state index in [0.717, 1.165) is 16.4 Å². The molecule has 0 saturated heterocycles. The summed E-state index contributed by atoms with van der Waals surface area (Å²) in [7, 11) is -2.85. The van der Waals surface area contributed by atoms with Crippen molar-refractivity contribution >= 4 is 21.7 Å². The summed E-state index contributed by atoms with van der Waals surface area (Å²) in [4.78, 5) is 16.4. The molecule has 1 aromatic heterocycles. The van der Waals surface area contributed by atoms with Crippen molar-refractivity contribution in [3.8, 4) is 22.6 Å². The van der Waals surface area contributed by atoms with E-state index < -0.39 is 28.1 Å². The van der Waals surface area contributed by atoms with E-state index in [-0.39, 0.29) is 22.7 Å². The number of aromatic carboxylic acids is 1. The van der Waals surface area contributed by atoms with E-state index in [1.165, 1.54) is 62.0 Å². The number of methoxy groups -OCH3 is 1. The summed E-state index contributed by atoms with van der Waals surface area (Å²) in [5.74, 6) is -1.38. The molecule has 0 aliphatic carbocycles. The fourth-order valence-electron chi connectivity index (χ4n) is 4.11. The molecule has 1 heterocycles. The number of hydrogen-bond acceptors (Lipinski definition) is 6. The van der Waals surface area contributed by atoms with Gasteiger partial charge in [-0.1, -0.05) is 18.2 Å². The first-order chi connectivity index (χ1) is 18.9. The molecule has 0 amide bonds. The molecule has 0 fully saturated rings. The summed E-state index contributed by atoms with van der Waals surface area (Å²) in [6.07, 6.45) is -1.85. The zero-order valence-electron chi connectivity index (χ0n) is 21.2. The van der Waals surface area contributed by atoms with Gasteiger partial charge in [-0.3, -0.25) is 9.29 Å². The second-order valence-electron chi connectivity index (χ2n) is 8.62. The Labute approximate surface area is 228 Å². The number of carboxylic acids is 1. The molecule has 0 unspecified atom stereocenters. The SMILES string of the molecule is COc1ccc(S(=O)(=O)N(Cc2cccnc2)c2c(C)cc(-c3ccc(OC(F)(F)F)cc3)cc2C(=O)O)cc1. The number of anilines is 1. The number of carboxylic acid groups (broad SMARTS) is 1. The minimum Gasteiger partial charge on any atom is -0.497 e. The Morgan fingerprint density at radius 2 is 1.62 bits per heavy atom. The Bertz CT molecular complexity index is 1610. The van der Waals surface area contributed by atoms with Crippen molar-refractivity contribution in [1.82, 2.24) is 4.98 Å². The van der Waals surface area contributed by atoms with Crippen LogP contribution >= 0.6 is 0 Å². The van der Waals surface area contributed by atoms with E-state index in [4.69, 9.17) is 4.74 Å². The Balaban J connectivity index is 1.85. The molecule has 0 saturated carbocycles. The molecule has 0 atom stereocenters. The molecule has 8 nitrogen and oxygen atoms in total. The second kappa shape index (κ2) is 11.3. The molecule has 0 radical (unpaired) electrons. The van der Waals surface area contributed by atoms with Crippen molar-refractivity contribution in [2.24, 2.45) is 0 Å². The van der Waals surface area contributed by atoms with Gasteiger partial charge in [-0.05, 0) is 83.8 Å². The predicted octanol–water partition coefficient (Wildman–Crippen LogP) is 6.06. The third kappa shape index (κ3) is 6.34. The van der Waals surface area contributed by atoms with Crippen LogP contribution in [0.25, 0.3) is 11.1 Å². The van der Waals surface area contributed by atoms with Crippen molar-refractivity contribution in [3.63, 3.8) is 0 Å². The molecule has 4 rings (SSSR count). The molecule has 0 bridgehead atoms. The van der Waals surface area contributed by atoms with Gasteiger partial charge in [0.1, 0.15) is 11.5 Å². The van der Waals surface area contributed by atoms with Gasteiger partial charge in [-0.15, -0.1) is 13.2 Å². The average Bonchev–Trinajstić information content (AvgIpc) is 2.91. The van der Waals surface area contributed by atoms with E-state index in [0.29, 0.717) is 28.0 Å². The first kappa shape index (κ1) is 28.4. The van der Waals surface area contributed by atoms with Crippen molar-refractivity contribution in [1.29, 1.82) is 0 Å². The highest BCUT2D eigenvalue weighted by molar-refractivity contribution is 7.92. The van der Waals surface area contributed by atoms with Gasteiger partial charge in [0.05, 0.1) is 29.8 Å². The molecule has 3 aromatic carbocycles. The van der Waals surface area contributed by atoms with Gasteiger partial charge >= 0.3 is 12.3 Å². The monoisotopic (exact) mass is 572 g/mol. The lowest BCUT2D eigenvalue weighted by molar-refractivity contribution is -0.274. The molecular weight excluding hydrogens is 549 g/mol. The molecule has 0 aliphatic heterocycles. The van der Waals surface area contributed by atoms with Crippen molar-refractivity contribution in [3.05, 3.63) is 102 Å². The molecule has 0 spiro atoms. The average molecular weight is 573 g/mol. The van der Waals surface area contributed by atoms with Crippen LogP contribution in [0, 0.1) is 6.92 Å². The number of aryl methyl sites for hydroxylation is 1. The zero-order chi connectivity index (χ0) is 29.1. The predicted molar refractivity (Wildman–Crippen MR) is 141 cm³/mol. The minimum absolute atomic E-state index is 0.0621. The Kier molecular flexibility index (Phi) is 8.01. The summed E-state index contributed by atoms with van der Waals surface area (Å²) in [5.41, 5.74) is 1.22. The number of halogens is 3. The molecule has 208 valence electrons. The molecule has 40 heavy (non-hydrogen) atoms. The summed E-state index contributed by atoms with van der Waals surface area (Å²) >= 11 is 0. The number of benzene rings is 3. The third-order valence-corrected chi connectivity index (χ3v) is 7.66. The first-order valence-electron chi connectivity index (χ1n) is 11.7. The maximum atomic E-state index is 13.9. The van der Waals surface area contributed by atoms with Gasteiger partial charge in [0.25, 0.3) is 10.0 Å². The van der Waals surface area contributed by atoms with Crippen LogP contribution in [0.15, 0.2) is 90.1 Å². The molecule has 12 heteroatoms. The Hall–Kier alpha value is -4.58. The number of ether oxygens (including phenoxy) is 2. The van der Waals surface area contributed by atoms with E-state index in [1.807, 2.05) is 0 Å². The van der Waals surface area contributed by atoms with Crippen LogP contribution < -0.4 is 13.8 Å². The van der Waals surface area contributed by atoms with Crippen LogP contribution in [0.2, 0.25) is 0 Å². The molecule has 1 N–H and O–H groups in total. The number of rotatable bonds is 9. The smallest absolute Gasteiger partial charge is 0.497 e. The highest BCUT2D eigenvalue weighted by Crippen LogP contribution is 2.37. The lowest BCUT2D eigenvalue weighted by Gasteiger charge is -2.28. The Morgan fingerprint density at radius 1 is 0.975 bits per heavy atom. The van der Waals surface area contributed by atoms with E-state index in [1.54, 1.807) is 25.1 Å². The highest BCUT2D eigenvalue weighted by atomic mass is 32.2. The number of carbonyl (C=O) groups is 1. The lowest BCUT2D eigenvalue weighted by atomic mass is 9.98. The van der Waals surface area contributed by atoms with Gasteiger partial charge in [0.15, 0.2) is 0 Å². The largest absolute Gasteiger partial charge is 0.573 e. The van der Waals surface area contributed by atoms with Crippen molar-refractivity contribution < 1.29 is 41.0 Å². The van der Waals surface area contributed by atoms with E-state index >= 15 is 0 Å². The van der Waals surface area contributed by atoms with Gasteiger partial charge in [0, 0.05) is 12.4 Å². The van der Waals surface area contributed by atoms with Crippen molar-refractivity contribution in [2.45, 2.75) is 24.7 Å². The van der Waals surface area contributed by atoms with Crippen LogP contribution in [0.3, 0.4) is 0 Å². The van der Waals surface area contributed by atoms with Crippen molar-refractivity contribution in [2.75, 3.05) is 11.4 Å². The number of nitrogens with zero attached hydrogens (tertiary/aromatic N) is 2. The van der Waals surface area contributed by atoms with Crippen LogP contribution in [0.5, 0.6) is 11.5 Å². The van der Waals surface area contributed by atoms with Gasteiger partial charge in [-0.25, -0.2) is 13.2 Å². The molecule has 4 aromatic rings. The van der Waals surface area contributed by atoms with E-state index in [2.05, 4.69) is 9.72 Å². The summed E-state index contributed by atoms with van der Waals surface area (Å²) in [6, 6.07) is 16.7. The number of hydrogen-bond donors (Lipinski definition) is 1. The summed E-state index contributed by atoms with van der Waals surface area (Å²) in [6.45, 7) is 1.35. The maximum Gasteiger partial charge on any atom is 0.573 e. The van der Waals surface area contributed by atoms with Crippen LogP contribution in [-0.2, 0) is 16.6 Å². The lowest BCUT2D eigenvalue weighted by Crippen LogP contribution is -2.32. The topological polar surface area (TPSA) is 106 Å². The van der Waals surface area contributed by atoms with Gasteiger partial charge < -0.3 is 14.6 Å². The third-order valence-electron chi connectivity index (χ3n) is 5.90. The normalized spacial score (nSPS) is 11.6. The highest BCUT2D eigenvalue weighted by Gasteiger charge is 2.32. The van der Waals surface area contributed by atoms with Gasteiger partial charge in [0.2, 0.25) is 0 Å². The zero-order valence-corrected chi connectivity index (χ0v) is 22.0. The fraction of sp³-hybridized carbons (Fsp3) is 0.143. The van der Waals surface area contributed by atoms with Crippen LogP contribution in [-0.4, -0.2) is 37.9 Å². The molecular formula is C28H23F3N2O6S. The second-order valence-corrected chi connectivity index (χ2v) is 10.5. The number of sulfonamides is 1. The number of aromatic nitrogens is 1.